The van der Waals surface area contributed by atoms with E-state index in [0.717, 1.165) is 67.6 Å². The zero-order valence-electron chi connectivity index (χ0n) is 26.3. The average Bonchev–Trinajstić information content (AvgIpc) is 3.78. The number of thiazole rings is 1. The molecule has 3 aromatic rings. The van der Waals surface area contributed by atoms with E-state index < -0.39 is 18.9 Å². The Morgan fingerprint density at radius 1 is 0.978 bits per heavy atom. The van der Waals surface area contributed by atoms with Crippen LogP contribution < -0.4 is 5.32 Å². The molecule has 1 amide bonds. The van der Waals surface area contributed by atoms with E-state index in [4.69, 9.17) is 14.2 Å². The van der Waals surface area contributed by atoms with E-state index in [-0.39, 0.29) is 12.0 Å². The quantitative estimate of drug-likeness (QED) is 0.180. The molecule has 0 saturated heterocycles. The fraction of sp³-hybridized carbons (Fsp3) is 0.486. The second kappa shape index (κ2) is 15.4. The number of nitrogens with zero attached hydrogens (tertiary/aromatic N) is 2. The van der Waals surface area contributed by atoms with Crippen molar-refractivity contribution >= 4 is 52.0 Å². The van der Waals surface area contributed by atoms with Crippen molar-refractivity contribution in [2.45, 2.75) is 76.7 Å². The Hall–Kier alpha value is -3.54. The predicted octanol–water partition coefficient (Wildman–Crippen LogP) is 8.39. The number of ether oxygens (including phenoxy) is 3. The van der Waals surface area contributed by atoms with Gasteiger partial charge in [-0.3, -0.25) is 4.79 Å². The molecule has 46 heavy (non-hydrogen) atoms. The Bertz CT molecular complexity index is 1540. The molecule has 9 nitrogen and oxygen atoms in total. The number of benzene rings is 1. The smallest absolute Gasteiger partial charge is 0.431 e. The summed E-state index contributed by atoms with van der Waals surface area (Å²) in [7, 11) is 2.16. The van der Waals surface area contributed by atoms with Gasteiger partial charge in [-0.15, -0.1) is 22.7 Å². The lowest BCUT2D eigenvalue weighted by atomic mass is 9.78. The number of carbonyl (C=O) groups excluding carboxylic acids is 3. The van der Waals surface area contributed by atoms with Crippen LogP contribution in [0.15, 0.2) is 46.8 Å². The summed E-state index contributed by atoms with van der Waals surface area (Å²) >= 11 is 2.75. The average molecular weight is 664 g/mol. The number of thiophene rings is 1. The summed E-state index contributed by atoms with van der Waals surface area (Å²) in [4.78, 5) is 46.2. The number of rotatable bonds is 9. The number of aromatic nitrogens is 1. The largest absolute Gasteiger partial charge is 0.511 e. The van der Waals surface area contributed by atoms with Crippen molar-refractivity contribution in [1.82, 2.24) is 9.88 Å². The van der Waals surface area contributed by atoms with Crippen LogP contribution in [-0.4, -0.2) is 60.9 Å². The summed E-state index contributed by atoms with van der Waals surface area (Å²) in [6.07, 6.45) is 10.9. The van der Waals surface area contributed by atoms with Gasteiger partial charge in [-0.05, 0) is 92.8 Å². The van der Waals surface area contributed by atoms with Gasteiger partial charge in [0.25, 0.3) is 5.91 Å². The first kappa shape index (κ1) is 32.4. The number of likely N-dealkylation sites (N-methyl/N-ethyl adjacent to an activating group) is 1. The molecular weight excluding hydrogens is 623 g/mol. The number of nitrogens with one attached hydrogen (secondary N) is 1. The van der Waals surface area contributed by atoms with Crippen LogP contribution >= 0.6 is 22.7 Å². The minimum Gasteiger partial charge on any atom is -0.431 e. The van der Waals surface area contributed by atoms with Crippen molar-refractivity contribution in [3.05, 3.63) is 62.9 Å². The van der Waals surface area contributed by atoms with Gasteiger partial charge in [0, 0.05) is 34.6 Å². The fourth-order valence-electron chi connectivity index (χ4n) is 6.76. The van der Waals surface area contributed by atoms with Gasteiger partial charge < -0.3 is 24.4 Å². The lowest BCUT2D eigenvalue weighted by Crippen LogP contribution is -2.31. The molecule has 0 spiro atoms. The molecule has 6 rings (SSSR count). The molecule has 0 bridgehead atoms. The normalized spacial score (nSPS) is 18.3. The van der Waals surface area contributed by atoms with E-state index in [0.29, 0.717) is 22.2 Å². The standard InChI is InChI=1S/C35H41N3O6S2/c1-38-17-16-27(29(19-38)23-8-4-2-5-9-23)28-18-31(24-12-14-25(15-13-24)37-33(39)30-20-45-21-36-30)46-32(28)34(40)42-22-43-35(41)44-26-10-6-3-7-11-26/h12-15,18,20-21,23,26H,2-11,16-17,19,22H2,1H3,(H,37,39). The molecule has 1 aliphatic heterocycles. The molecule has 2 aromatic heterocycles. The first-order valence-electron chi connectivity index (χ1n) is 16.3. The van der Waals surface area contributed by atoms with Crippen LogP contribution in [-0.2, 0) is 14.2 Å². The van der Waals surface area contributed by atoms with E-state index in [1.54, 1.807) is 10.9 Å². The highest BCUT2D eigenvalue weighted by Crippen LogP contribution is 2.43. The molecule has 1 N–H and O–H groups in total. The summed E-state index contributed by atoms with van der Waals surface area (Å²) in [6.45, 7) is 1.31. The first-order chi connectivity index (χ1) is 22.4. The summed E-state index contributed by atoms with van der Waals surface area (Å²) in [5.74, 6) is -0.262. The van der Waals surface area contributed by atoms with Crippen molar-refractivity contribution in [1.29, 1.82) is 0 Å². The molecule has 3 heterocycles. The third-order valence-electron chi connectivity index (χ3n) is 9.19. The number of esters is 1. The molecule has 0 radical (unpaired) electrons. The van der Waals surface area contributed by atoms with Gasteiger partial charge in [-0.2, -0.15) is 0 Å². The third kappa shape index (κ3) is 8.05. The number of amides is 1. The Morgan fingerprint density at radius 2 is 1.72 bits per heavy atom. The van der Waals surface area contributed by atoms with Crippen molar-refractivity contribution in [3.8, 4) is 10.4 Å². The first-order valence-corrected chi connectivity index (χ1v) is 18.1. The van der Waals surface area contributed by atoms with E-state index in [1.165, 1.54) is 65.9 Å². The number of anilines is 1. The number of carbonyl (C=O) groups is 3. The molecular formula is C35H41N3O6S2. The van der Waals surface area contributed by atoms with Crippen molar-refractivity contribution in [2.75, 3.05) is 32.2 Å². The van der Waals surface area contributed by atoms with Gasteiger partial charge in [0.2, 0.25) is 6.79 Å². The predicted molar refractivity (Wildman–Crippen MR) is 180 cm³/mol. The second-order valence-electron chi connectivity index (χ2n) is 12.4. The highest BCUT2D eigenvalue weighted by Gasteiger charge is 2.30. The van der Waals surface area contributed by atoms with E-state index in [1.807, 2.05) is 24.3 Å². The summed E-state index contributed by atoms with van der Waals surface area (Å²) < 4.78 is 16.1. The summed E-state index contributed by atoms with van der Waals surface area (Å²) in [6, 6.07) is 9.69. The summed E-state index contributed by atoms with van der Waals surface area (Å²) in [5.41, 5.74) is 7.17. The Labute approximate surface area is 278 Å². The Kier molecular flexibility index (Phi) is 10.8. The molecule has 1 aromatic carbocycles. The highest BCUT2D eigenvalue weighted by molar-refractivity contribution is 7.17. The van der Waals surface area contributed by atoms with Crippen LogP contribution in [0.3, 0.4) is 0 Å². The zero-order valence-corrected chi connectivity index (χ0v) is 27.9. The molecule has 0 unspecified atom stereocenters. The highest BCUT2D eigenvalue weighted by atomic mass is 32.1. The maximum atomic E-state index is 13.6. The van der Waals surface area contributed by atoms with Gasteiger partial charge in [-0.25, -0.2) is 14.6 Å². The van der Waals surface area contributed by atoms with Crippen molar-refractivity contribution < 1.29 is 28.6 Å². The third-order valence-corrected chi connectivity index (χ3v) is 10.9. The van der Waals surface area contributed by atoms with Crippen LogP contribution in [0.2, 0.25) is 0 Å². The van der Waals surface area contributed by atoms with Gasteiger partial charge >= 0.3 is 12.1 Å². The van der Waals surface area contributed by atoms with Crippen LogP contribution in [0.5, 0.6) is 0 Å². The fourth-order valence-corrected chi connectivity index (χ4v) is 8.38. The molecule has 0 atom stereocenters. The number of hydrogen-bond acceptors (Lipinski definition) is 10. The van der Waals surface area contributed by atoms with Gasteiger partial charge in [0.1, 0.15) is 16.7 Å². The SMILES string of the molecule is CN1CCC(c2cc(-c3ccc(NC(=O)c4cscn4)cc3)sc2C(=O)OCOC(=O)OC2CCCCC2)=C(C2CCCCC2)C1. The molecule has 11 heteroatoms. The van der Waals surface area contributed by atoms with E-state index in [2.05, 4.69) is 28.3 Å². The van der Waals surface area contributed by atoms with Crippen LogP contribution in [0.1, 0.15) is 96.4 Å². The van der Waals surface area contributed by atoms with Crippen molar-refractivity contribution in [2.24, 2.45) is 5.92 Å². The van der Waals surface area contributed by atoms with Crippen molar-refractivity contribution in [3.63, 3.8) is 0 Å². The van der Waals surface area contributed by atoms with Crippen LogP contribution in [0.25, 0.3) is 16.0 Å². The number of hydrogen-bond donors (Lipinski definition) is 1. The Balaban J connectivity index is 1.24. The lowest BCUT2D eigenvalue weighted by Gasteiger charge is -2.34. The maximum Gasteiger partial charge on any atom is 0.511 e. The minimum atomic E-state index is -0.800. The minimum absolute atomic E-state index is 0.134. The lowest BCUT2D eigenvalue weighted by molar-refractivity contribution is -0.0427. The molecule has 244 valence electrons. The zero-order chi connectivity index (χ0) is 31.9. The van der Waals surface area contributed by atoms with E-state index >= 15 is 0 Å². The molecule has 2 fully saturated rings. The van der Waals surface area contributed by atoms with Crippen LogP contribution in [0, 0.1) is 5.92 Å². The topological polar surface area (TPSA) is 107 Å². The Morgan fingerprint density at radius 3 is 2.43 bits per heavy atom. The molecule has 2 aliphatic carbocycles. The second-order valence-corrected chi connectivity index (χ2v) is 14.2. The van der Waals surface area contributed by atoms with Gasteiger partial charge in [-0.1, -0.05) is 37.8 Å². The van der Waals surface area contributed by atoms with Gasteiger partial charge in [0.15, 0.2) is 0 Å². The van der Waals surface area contributed by atoms with Gasteiger partial charge in [0.05, 0.1) is 5.51 Å². The summed E-state index contributed by atoms with van der Waals surface area (Å²) in [5, 5.41) is 4.59. The maximum absolute atomic E-state index is 13.6. The molecule has 2 saturated carbocycles. The monoisotopic (exact) mass is 663 g/mol. The molecule has 3 aliphatic rings. The van der Waals surface area contributed by atoms with E-state index in [9.17, 15) is 14.4 Å². The van der Waals surface area contributed by atoms with Crippen LogP contribution in [0.4, 0.5) is 10.5 Å².